The fourth-order valence-electron chi connectivity index (χ4n) is 5.57. The van der Waals surface area contributed by atoms with Crippen molar-refractivity contribution >= 4 is 11.6 Å². The lowest BCUT2D eigenvalue weighted by Crippen LogP contribution is -2.57. The minimum absolute atomic E-state index is 0.0219. The van der Waals surface area contributed by atoms with Crippen LogP contribution in [0.25, 0.3) is 0 Å². The van der Waals surface area contributed by atoms with Crippen molar-refractivity contribution in [2.75, 3.05) is 32.8 Å². The van der Waals surface area contributed by atoms with Gasteiger partial charge in [-0.25, -0.2) is 4.39 Å². The second-order valence-electron chi connectivity index (χ2n) is 10.2. The first-order valence-corrected chi connectivity index (χ1v) is 12.9. The maximum absolute atomic E-state index is 13.5. The van der Waals surface area contributed by atoms with Crippen LogP contribution in [-0.2, 0) is 4.84 Å². The number of nitrogens with zero attached hydrogens (tertiary/aromatic N) is 4. The number of rotatable bonds is 6. The van der Waals surface area contributed by atoms with Crippen LogP contribution < -0.4 is 4.73 Å². The highest BCUT2D eigenvalue weighted by Gasteiger charge is 2.40. The van der Waals surface area contributed by atoms with Crippen molar-refractivity contribution in [2.24, 2.45) is 11.1 Å². The topological polar surface area (TPSA) is 72.1 Å². The Bertz CT molecular complexity index is 1100. The average Bonchev–Trinajstić information content (AvgIpc) is 2.88. The Morgan fingerprint density at radius 1 is 1.14 bits per heavy atom. The molecule has 2 aliphatic heterocycles. The molecule has 2 saturated heterocycles. The summed E-state index contributed by atoms with van der Waals surface area (Å²) in [5, 5.41) is 16.4. The molecule has 0 saturated carbocycles. The van der Waals surface area contributed by atoms with E-state index in [-0.39, 0.29) is 23.2 Å². The number of benzene rings is 1. The molecule has 0 unspecified atom stereocenters. The lowest BCUT2D eigenvalue weighted by molar-refractivity contribution is -0.612. The van der Waals surface area contributed by atoms with Gasteiger partial charge in [0.05, 0.1) is 5.71 Å². The highest BCUT2D eigenvalue weighted by atomic mass is 19.1. The Kier molecular flexibility index (Phi) is 7.93. The van der Waals surface area contributed by atoms with Gasteiger partial charge in [0.1, 0.15) is 18.0 Å². The lowest BCUT2D eigenvalue weighted by atomic mass is 9.82. The Balaban J connectivity index is 1.38. The second-order valence-corrected chi connectivity index (χ2v) is 10.2. The van der Waals surface area contributed by atoms with Crippen LogP contribution in [0.4, 0.5) is 4.39 Å². The van der Waals surface area contributed by atoms with E-state index >= 15 is 0 Å². The van der Waals surface area contributed by atoms with E-state index < -0.39 is 0 Å². The Hall–Kier alpha value is -3.00. The number of oxime groups is 1. The number of piperidine rings is 2. The van der Waals surface area contributed by atoms with Gasteiger partial charge in [-0.05, 0) is 82.8 Å². The maximum Gasteiger partial charge on any atom is 0.260 e. The van der Waals surface area contributed by atoms with Crippen molar-refractivity contribution in [3.8, 4) is 0 Å². The van der Waals surface area contributed by atoms with Crippen LogP contribution in [-0.4, -0.2) is 59.7 Å². The van der Waals surface area contributed by atoms with Crippen molar-refractivity contribution in [3.63, 3.8) is 0 Å². The molecule has 0 bridgehead atoms. The van der Waals surface area contributed by atoms with Crippen molar-refractivity contribution in [3.05, 3.63) is 69.9 Å². The smallest absolute Gasteiger partial charge is 0.260 e. The quantitative estimate of drug-likeness (QED) is 0.260. The van der Waals surface area contributed by atoms with Crippen molar-refractivity contribution in [1.29, 1.82) is 0 Å². The molecule has 0 radical (unpaired) electrons. The highest BCUT2D eigenvalue weighted by molar-refractivity contribution is 6.02. The molecule has 1 aromatic heterocycles. The Labute approximate surface area is 213 Å². The molecule has 36 heavy (non-hydrogen) atoms. The number of amides is 1. The van der Waals surface area contributed by atoms with Gasteiger partial charge in [-0.3, -0.25) is 9.69 Å². The molecule has 194 valence electrons. The zero-order chi connectivity index (χ0) is 25.9. The van der Waals surface area contributed by atoms with Crippen LogP contribution >= 0.6 is 0 Å². The predicted octanol–water partition coefficient (Wildman–Crippen LogP) is 4.22. The summed E-state index contributed by atoms with van der Waals surface area (Å²) in [5.74, 6) is -0.0507. The van der Waals surface area contributed by atoms with Gasteiger partial charge in [0, 0.05) is 37.5 Å². The number of pyridine rings is 1. The third-order valence-corrected chi connectivity index (χ3v) is 7.97. The van der Waals surface area contributed by atoms with Crippen LogP contribution in [0.3, 0.4) is 0 Å². The van der Waals surface area contributed by atoms with Crippen molar-refractivity contribution < 1.29 is 18.8 Å². The van der Waals surface area contributed by atoms with E-state index in [0.29, 0.717) is 31.0 Å². The average molecular weight is 497 g/mol. The van der Waals surface area contributed by atoms with Gasteiger partial charge in [0.15, 0.2) is 6.20 Å². The maximum atomic E-state index is 13.5. The number of halogens is 1. The number of likely N-dealkylation sites (tertiary alicyclic amines) is 2. The molecule has 3 heterocycles. The van der Waals surface area contributed by atoms with E-state index in [0.717, 1.165) is 60.3 Å². The summed E-state index contributed by atoms with van der Waals surface area (Å²) in [6.45, 7) is 11.5. The summed E-state index contributed by atoms with van der Waals surface area (Å²) in [6, 6.07) is 8.20. The second kappa shape index (κ2) is 10.9. The molecule has 0 N–H and O–H groups in total. The van der Waals surface area contributed by atoms with Crippen LogP contribution in [0.5, 0.6) is 0 Å². The molecule has 0 atom stereocenters. The normalized spacial score (nSPS) is 19.4. The first kappa shape index (κ1) is 26.1. The van der Waals surface area contributed by atoms with Crippen molar-refractivity contribution in [1.82, 2.24) is 9.80 Å². The molecule has 4 rings (SSSR count). The van der Waals surface area contributed by atoms with Gasteiger partial charge >= 0.3 is 0 Å². The summed E-state index contributed by atoms with van der Waals surface area (Å²) in [6.07, 6.45) is 5.15. The molecule has 8 heteroatoms. The summed E-state index contributed by atoms with van der Waals surface area (Å²) in [4.78, 5) is 23.1. The van der Waals surface area contributed by atoms with E-state index in [1.165, 1.54) is 18.3 Å². The molecule has 1 amide bonds. The number of aryl methyl sites for hydroxylation is 1. The Morgan fingerprint density at radius 2 is 1.78 bits per heavy atom. The fourth-order valence-corrected chi connectivity index (χ4v) is 5.57. The van der Waals surface area contributed by atoms with Gasteiger partial charge in [-0.15, -0.1) is 0 Å². The third kappa shape index (κ3) is 5.38. The first-order chi connectivity index (χ1) is 17.2. The van der Waals surface area contributed by atoms with E-state index in [9.17, 15) is 14.4 Å². The minimum Gasteiger partial charge on any atom is -0.618 e. The Morgan fingerprint density at radius 3 is 2.39 bits per heavy atom. The van der Waals surface area contributed by atoms with Gasteiger partial charge in [-0.2, -0.15) is 4.73 Å². The van der Waals surface area contributed by atoms with Gasteiger partial charge < -0.3 is 14.9 Å². The van der Waals surface area contributed by atoms with Gasteiger partial charge in [0.25, 0.3) is 5.91 Å². The zero-order valence-corrected chi connectivity index (χ0v) is 21.8. The monoisotopic (exact) mass is 496 g/mol. The number of carbonyl (C=O) groups excluding carboxylic acids is 1. The van der Waals surface area contributed by atoms with E-state index in [1.807, 2.05) is 18.7 Å². The zero-order valence-electron chi connectivity index (χ0n) is 21.8. The van der Waals surface area contributed by atoms with E-state index in [1.54, 1.807) is 25.1 Å². The number of hydrogen-bond donors (Lipinski definition) is 0. The number of aromatic nitrogens is 1. The molecule has 2 fully saturated rings. The molecular formula is C28H37FN4O3. The molecule has 1 aromatic carbocycles. The highest BCUT2D eigenvalue weighted by Crippen LogP contribution is 2.34. The minimum atomic E-state index is -0.258. The summed E-state index contributed by atoms with van der Waals surface area (Å²) in [7, 11) is 0. The fraction of sp³-hybridized carbons (Fsp3) is 0.536. The summed E-state index contributed by atoms with van der Waals surface area (Å²) < 4.78 is 14.2. The molecule has 2 aliphatic rings. The molecular weight excluding hydrogens is 459 g/mol. The van der Waals surface area contributed by atoms with Gasteiger partial charge in [0.2, 0.25) is 5.69 Å². The van der Waals surface area contributed by atoms with E-state index in [2.05, 4.69) is 17.0 Å². The molecule has 0 spiro atoms. The SMILES string of the molecule is CCO/N=C(\c1ccc(F)cc1)C1CCN(C2(C)CCN(C(=O)c3c(C)cc[n+]([O-])c3C)CC2)CC1. The van der Waals surface area contributed by atoms with Crippen LogP contribution in [0.15, 0.2) is 41.7 Å². The van der Waals surface area contributed by atoms with Crippen LogP contribution in [0.1, 0.15) is 66.7 Å². The molecule has 7 nitrogen and oxygen atoms in total. The number of carbonyl (C=O) groups is 1. The van der Waals surface area contributed by atoms with E-state index in [4.69, 9.17) is 4.84 Å². The third-order valence-electron chi connectivity index (χ3n) is 7.97. The van der Waals surface area contributed by atoms with Crippen molar-refractivity contribution in [2.45, 2.75) is 58.9 Å². The lowest BCUT2D eigenvalue weighted by Gasteiger charge is -2.49. The van der Waals surface area contributed by atoms with Crippen LogP contribution in [0.2, 0.25) is 0 Å². The number of hydrogen-bond acceptors (Lipinski definition) is 5. The largest absolute Gasteiger partial charge is 0.618 e. The van der Waals surface area contributed by atoms with Crippen LogP contribution in [0, 0.1) is 30.8 Å². The summed E-state index contributed by atoms with van der Waals surface area (Å²) >= 11 is 0. The standard InChI is InChI=1S/C28H37FN4O3/c1-5-36-30-26(22-6-8-24(29)9-7-22)23-11-15-32(16-12-23)28(4)13-18-31(19-14-28)27(34)25-20(2)10-17-33(35)21(25)3/h6-10,17,23H,5,11-16,18-19H2,1-4H3/b30-26+. The first-order valence-electron chi connectivity index (χ1n) is 12.9. The summed E-state index contributed by atoms with van der Waals surface area (Å²) in [5.41, 5.74) is 3.65. The van der Waals surface area contributed by atoms with Gasteiger partial charge in [-0.1, -0.05) is 17.3 Å². The predicted molar refractivity (Wildman–Crippen MR) is 137 cm³/mol. The molecule has 0 aliphatic carbocycles. The molecule has 2 aromatic rings.